The third kappa shape index (κ3) is 7.37. The van der Waals surface area contributed by atoms with Crippen LogP contribution in [-0.2, 0) is 19.1 Å². The van der Waals surface area contributed by atoms with Crippen molar-refractivity contribution in [2.75, 3.05) is 13.2 Å². The van der Waals surface area contributed by atoms with E-state index in [4.69, 9.17) is 24.5 Å². The zero-order chi connectivity index (χ0) is 37.1. The molecule has 2 atom stereocenters. The average Bonchev–Trinajstić information content (AvgIpc) is 3.88. The van der Waals surface area contributed by atoms with Gasteiger partial charge in [0.1, 0.15) is 12.4 Å². The molecule has 1 saturated heterocycles. The number of aliphatic hydroxyl groups is 1. The van der Waals surface area contributed by atoms with Gasteiger partial charge >= 0.3 is 11.9 Å². The summed E-state index contributed by atoms with van der Waals surface area (Å²) >= 11 is 0. The number of ether oxygens (including phenoxy) is 2. The number of fused-ring (bicyclic) bond motifs is 5. The van der Waals surface area contributed by atoms with Crippen LogP contribution in [0.2, 0.25) is 0 Å². The van der Waals surface area contributed by atoms with E-state index in [1.165, 1.54) is 5.57 Å². The first-order valence-electron chi connectivity index (χ1n) is 19.3. The maximum atomic E-state index is 12.6. The average molecular weight is 707 g/mol. The van der Waals surface area contributed by atoms with E-state index in [0.717, 1.165) is 125 Å². The first-order valence-corrected chi connectivity index (χ1v) is 19.3. The molecule has 0 aromatic heterocycles. The first kappa shape index (κ1) is 37.2. The highest BCUT2D eigenvalue weighted by atomic mass is 16.5. The second-order valence-corrected chi connectivity index (χ2v) is 14.7. The van der Waals surface area contributed by atoms with Crippen molar-refractivity contribution in [2.45, 2.75) is 119 Å². The van der Waals surface area contributed by atoms with Crippen LogP contribution in [0.1, 0.15) is 119 Å². The third-order valence-corrected chi connectivity index (χ3v) is 11.2. The lowest BCUT2D eigenvalue weighted by Crippen LogP contribution is -2.15. The summed E-state index contributed by atoms with van der Waals surface area (Å²) in [5, 5.41) is 15.3. The molecule has 6 rings (SSSR count). The SMILES string of the molecule is CCCCC(=O)OCCCCC1C2=C3CC(O)=C4C3=NC(=C4C)C=C3N=C(C=C4N=C(C=C(N2)C1C)C(C)=C4CC)C(C)=C3COC(=O)CCCC. The van der Waals surface area contributed by atoms with Crippen molar-refractivity contribution in [3.05, 3.63) is 91.5 Å². The maximum absolute atomic E-state index is 12.6. The number of nitrogens with one attached hydrogen (secondary N) is 1. The van der Waals surface area contributed by atoms with E-state index in [1.54, 1.807) is 0 Å². The van der Waals surface area contributed by atoms with E-state index >= 15 is 0 Å². The summed E-state index contributed by atoms with van der Waals surface area (Å²) in [4.78, 5) is 40.1. The molecule has 52 heavy (non-hydrogen) atoms. The molecular formula is C43H54N4O5. The smallest absolute Gasteiger partial charge is 0.306 e. The Hall–Kier alpha value is -4.53. The number of unbranched alkanes of at least 4 members (excludes halogenated alkanes) is 3. The molecule has 9 heteroatoms. The Bertz CT molecular complexity index is 1900. The number of carbonyl (C=O) groups excluding carboxylic acids is 2. The molecule has 1 fully saturated rings. The summed E-state index contributed by atoms with van der Waals surface area (Å²) in [7, 11) is 0. The number of aliphatic imine (C=N–C) groups is 3. The first-order chi connectivity index (χ1) is 25.1. The molecule has 6 aliphatic rings. The predicted molar refractivity (Wildman–Crippen MR) is 207 cm³/mol. The molecule has 2 unspecified atom stereocenters. The van der Waals surface area contributed by atoms with Crippen LogP contribution in [0.3, 0.4) is 0 Å². The van der Waals surface area contributed by atoms with Crippen molar-refractivity contribution < 1.29 is 24.2 Å². The Labute approximate surface area is 308 Å². The van der Waals surface area contributed by atoms with E-state index in [0.29, 0.717) is 37.3 Å². The summed E-state index contributed by atoms with van der Waals surface area (Å²) in [5.74, 6) is 0.334. The van der Waals surface area contributed by atoms with Gasteiger partial charge < -0.3 is 19.9 Å². The minimum Gasteiger partial charge on any atom is -0.511 e. The van der Waals surface area contributed by atoms with Crippen LogP contribution in [0.25, 0.3) is 0 Å². The van der Waals surface area contributed by atoms with Crippen LogP contribution >= 0.6 is 0 Å². The summed E-state index contributed by atoms with van der Waals surface area (Å²) < 4.78 is 11.3. The zero-order valence-electron chi connectivity index (χ0n) is 32.0. The van der Waals surface area contributed by atoms with E-state index in [2.05, 4.69) is 52.1 Å². The number of aliphatic hydroxyl groups excluding tert-OH is 1. The van der Waals surface area contributed by atoms with E-state index in [1.807, 2.05) is 19.9 Å². The van der Waals surface area contributed by atoms with Gasteiger partial charge in [-0.25, -0.2) is 15.0 Å². The van der Waals surface area contributed by atoms with Crippen LogP contribution in [0.15, 0.2) is 106 Å². The normalized spacial score (nSPS) is 22.1. The maximum Gasteiger partial charge on any atom is 0.306 e. The molecule has 0 aromatic carbocycles. The largest absolute Gasteiger partial charge is 0.511 e. The summed E-state index contributed by atoms with van der Waals surface area (Å²) in [6.45, 7) is 15.3. The number of rotatable bonds is 14. The molecule has 0 aromatic rings. The van der Waals surface area contributed by atoms with Gasteiger partial charge in [0.05, 0.1) is 40.8 Å². The Morgan fingerprint density at radius 1 is 0.827 bits per heavy atom. The Morgan fingerprint density at radius 3 is 2.17 bits per heavy atom. The number of carbonyl (C=O) groups is 2. The Morgan fingerprint density at radius 2 is 1.48 bits per heavy atom. The number of hydrogen-bond acceptors (Lipinski definition) is 9. The standard InChI is InChI=1S/C43H54N4O5/c1-8-11-16-39(49)51-18-14-13-15-29-25(5)34-20-32-24(4)28(10-3)36(44-32)21-33-26(6)31(23-52-40(50)17-12-9-2)37(45-33)22-35-27(7)41-38(48)19-30(42(29)46-34)43(41)47-35/h20-22,25,29,46,48H,8-19,23H2,1-7H3. The fourth-order valence-corrected chi connectivity index (χ4v) is 7.93. The molecule has 8 bridgehead atoms. The van der Waals surface area contributed by atoms with Gasteiger partial charge in [-0.3, -0.25) is 9.59 Å². The van der Waals surface area contributed by atoms with Gasteiger partial charge in [0.25, 0.3) is 0 Å². The van der Waals surface area contributed by atoms with Gasteiger partial charge in [-0.05, 0) is 99.8 Å². The molecular weight excluding hydrogens is 652 g/mol. The Balaban J connectivity index is 1.40. The highest BCUT2D eigenvalue weighted by Gasteiger charge is 2.41. The molecule has 0 radical (unpaired) electrons. The van der Waals surface area contributed by atoms with Gasteiger partial charge in [0.15, 0.2) is 0 Å². The van der Waals surface area contributed by atoms with E-state index in [-0.39, 0.29) is 30.4 Å². The van der Waals surface area contributed by atoms with Gasteiger partial charge in [-0.1, -0.05) is 40.5 Å². The molecule has 1 aliphatic carbocycles. The lowest BCUT2D eigenvalue weighted by molar-refractivity contribution is -0.144. The van der Waals surface area contributed by atoms with E-state index < -0.39 is 0 Å². The van der Waals surface area contributed by atoms with Crippen molar-refractivity contribution in [3.63, 3.8) is 0 Å². The lowest BCUT2D eigenvalue weighted by atomic mass is 9.85. The van der Waals surface area contributed by atoms with Crippen LogP contribution in [-0.4, -0.2) is 47.4 Å². The van der Waals surface area contributed by atoms with Crippen LogP contribution < -0.4 is 5.32 Å². The predicted octanol–water partition coefficient (Wildman–Crippen LogP) is 9.30. The molecule has 2 N–H and O–H groups in total. The molecule has 9 nitrogen and oxygen atoms in total. The number of allylic oxidation sites excluding steroid dienone is 11. The second kappa shape index (κ2) is 16.0. The van der Waals surface area contributed by atoms with Gasteiger partial charge in [0, 0.05) is 59.2 Å². The monoisotopic (exact) mass is 706 g/mol. The topological polar surface area (TPSA) is 122 Å². The van der Waals surface area contributed by atoms with Gasteiger partial charge in [0.2, 0.25) is 0 Å². The lowest BCUT2D eigenvalue weighted by Gasteiger charge is -2.18. The molecule has 5 heterocycles. The van der Waals surface area contributed by atoms with Gasteiger partial charge in [-0.15, -0.1) is 0 Å². The van der Waals surface area contributed by atoms with Gasteiger partial charge in [-0.2, -0.15) is 0 Å². The summed E-state index contributed by atoms with van der Waals surface area (Å²) in [6, 6.07) is 0. The molecule has 0 amide bonds. The fraction of sp³-hybridized carbons (Fsp3) is 0.512. The summed E-state index contributed by atoms with van der Waals surface area (Å²) in [5.41, 5.74) is 13.9. The molecule has 0 spiro atoms. The Kier molecular flexibility index (Phi) is 11.5. The third-order valence-electron chi connectivity index (χ3n) is 11.2. The minimum atomic E-state index is -0.215. The van der Waals surface area contributed by atoms with Crippen LogP contribution in [0, 0.1) is 11.8 Å². The van der Waals surface area contributed by atoms with Crippen molar-refractivity contribution >= 4 is 29.1 Å². The molecule has 0 saturated carbocycles. The van der Waals surface area contributed by atoms with Crippen molar-refractivity contribution in [3.8, 4) is 0 Å². The van der Waals surface area contributed by atoms with Crippen molar-refractivity contribution in [2.24, 2.45) is 26.8 Å². The molecule has 5 aliphatic heterocycles. The highest BCUT2D eigenvalue weighted by Crippen LogP contribution is 2.46. The second-order valence-electron chi connectivity index (χ2n) is 14.7. The quantitative estimate of drug-likeness (QED) is 0.137. The number of esters is 2. The fourth-order valence-electron chi connectivity index (χ4n) is 7.93. The number of nitrogens with zero attached hydrogens (tertiary/aromatic N) is 3. The zero-order valence-corrected chi connectivity index (χ0v) is 32.0. The van der Waals surface area contributed by atoms with Crippen molar-refractivity contribution in [1.82, 2.24) is 5.32 Å². The summed E-state index contributed by atoms with van der Waals surface area (Å²) in [6.07, 6.45) is 14.5. The molecule has 276 valence electrons. The number of hydrogen-bond donors (Lipinski definition) is 2. The minimum absolute atomic E-state index is 0.117. The van der Waals surface area contributed by atoms with Crippen molar-refractivity contribution in [1.29, 1.82) is 0 Å². The highest BCUT2D eigenvalue weighted by molar-refractivity contribution is 6.21. The van der Waals surface area contributed by atoms with E-state index in [9.17, 15) is 14.7 Å². The van der Waals surface area contributed by atoms with Crippen LogP contribution in [0.4, 0.5) is 0 Å². The van der Waals surface area contributed by atoms with Crippen LogP contribution in [0.5, 0.6) is 0 Å².